The highest BCUT2D eigenvalue weighted by Gasteiger charge is 2.11. The minimum Gasteiger partial charge on any atom is -0.338 e. The number of H-pyrrole nitrogens is 1. The molecule has 2 aromatic rings. The van der Waals surface area contributed by atoms with Crippen molar-refractivity contribution in [1.82, 2.24) is 4.98 Å². The molecule has 0 amide bonds. The maximum absolute atomic E-state index is 8.96. The topological polar surface area (TPSA) is 63.4 Å². The number of aromatic nitrogens is 1. The highest BCUT2D eigenvalue weighted by Crippen LogP contribution is 2.30. The normalized spacial score (nSPS) is 9.65. The number of rotatable bonds is 1. The molecule has 1 aromatic carbocycles. The van der Waals surface area contributed by atoms with Gasteiger partial charge in [0.15, 0.2) is 0 Å². The Morgan fingerprint density at radius 1 is 1.00 bits per heavy atom. The van der Waals surface area contributed by atoms with E-state index in [4.69, 9.17) is 33.7 Å². The number of halogens is 2. The molecule has 1 heterocycles. The summed E-state index contributed by atoms with van der Waals surface area (Å²) < 4.78 is 0. The molecular formula is C12H5Cl2N3. The lowest BCUT2D eigenvalue weighted by molar-refractivity contribution is 1.28. The number of nitriles is 2. The molecule has 1 N–H and O–H groups in total. The van der Waals surface area contributed by atoms with Crippen LogP contribution < -0.4 is 0 Å². The van der Waals surface area contributed by atoms with Crippen LogP contribution in [0.5, 0.6) is 0 Å². The van der Waals surface area contributed by atoms with Crippen LogP contribution in [0.3, 0.4) is 0 Å². The van der Waals surface area contributed by atoms with Crippen LogP contribution in [0.2, 0.25) is 10.0 Å². The van der Waals surface area contributed by atoms with Crippen molar-refractivity contribution in [3.63, 3.8) is 0 Å². The largest absolute Gasteiger partial charge is 0.338 e. The van der Waals surface area contributed by atoms with Crippen molar-refractivity contribution in [3.8, 4) is 23.3 Å². The van der Waals surface area contributed by atoms with Crippen LogP contribution in [-0.2, 0) is 0 Å². The summed E-state index contributed by atoms with van der Waals surface area (Å²) in [7, 11) is 0. The third-order valence-corrected chi connectivity index (χ3v) is 3.02. The average Bonchev–Trinajstić information content (AvgIpc) is 2.76. The van der Waals surface area contributed by atoms with Gasteiger partial charge in [-0.1, -0.05) is 29.3 Å². The molecule has 0 aliphatic rings. The Morgan fingerprint density at radius 2 is 1.76 bits per heavy atom. The van der Waals surface area contributed by atoms with Crippen LogP contribution in [0.15, 0.2) is 24.3 Å². The van der Waals surface area contributed by atoms with Crippen LogP contribution in [0.1, 0.15) is 11.4 Å². The van der Waals surface area contributed by atoms with Crippen molar-refractivity contribution in [2.75, 3.05) is 0 Å². The zero-order chi connectivity index (χ0) is 12.4. The van der Waals surface area contributed by atoms with Gasteiger partial charge in [-0.3, -0.25) is 0 Å². The molecule has 0 saturated heterocycles. The third-order valence-electron chi connectivity index (χ3n) is 2.28. The monoisotopic (exact) mass is 261 g/mol. The maximum atomic E-state index is 8.96. The van der Waals surface area contributed by atoms with Crippen LogP contribution in [0.4, 0.5) is 0 Å². The average molecular weight is 262 g/mol. The Balaban J connectivity index is 2.61. The summed E-state index contributed by atoms with van der Waals surface area (Å²) in [5.74, 6) is 0. The minimum atomic E-state index is 0.333. The zero-order valence-corrected chi connectivity index (χ0v) is 9.97. The van der Waals surface area contributed by atoms with Gasteiger partial charge in [-0.2, -0.15) is 10.5 Å². The lowest BCUT2D eigenvalue weighted by Crippen LogP contribution is -1.81. The molecule has 0 radical (unpaired) electrons. The van der Waals surface area contributed by atoms with Gasteiger partial charge in [0.1, 0.15) is 23.5 Å². The van der Waals surface area contributed by atoms with Crippen LogP contribution in [0, 0.1) is 22.7 Å². The lowest BCUT2D eigenvalue weighted by Gasteiger charge is -2.01. The number of nitrogens with one attached hydrogen (secondary N) is 1. The first-order valence-electron chi connectivity index (χ1n) is 4.64. The smallest absolute Gasteiger partial charge is 0.126 e. The van der Waals surface area contributed by atoms with E-state index in [0.29, 0.717) is 27.0 Å². The summed E-state index contributed by atoms with van der Waals surface area (Å²) in [5, 5.41) is 18.6. The van der Waals surface area contributed by atoms with E-state index in [-0.39, 0.29) is 0 Å². The molecule has 5 heteroatoms. The standard InChI is InChI=1S/C12H5Cl2N3/c13-10-2-1-7(3-11(10)14)9-4-8(5-15)17-12(9)6-16/h1-4,17H. The SMILES string of the molecule is N#Cc1cc(-c2ccc(Cl)c(Cl)c2)c(C#N)[nH]1. The van der Waals surface area contributed by atoms with E-state index in [2.05, 4.69) is 4.98 Å². The molecule has 1 aromatic heterocycles. The van der Waals surface area contributed by atoms with E-state index < -0.39 is 0 Å². The highest BCUT2D eigenvalue weighted by atomic mass is 35.5. The highest BCUT2D eigenvalue weighted by molar-refractivity contribution is 6.42. The molecule has 0 aliphatic carbocycles. The molecule has 17 heavy (non-hydrogen) atoms. The molecule has 0 saturated carbocycles. The van der Waals surface area contributed by atoms with Crippen molar-refractivity contribution in [2.45, 2.75) is 0 Å². The first kappa shape index (κ1) is 11.5. The molecule has 0 aliphatic heterocycles. The fraction of sp³-hybridized carbons (Fsp3) is 0. The summed E-state index contributed by atoms with van der Waals surface area (Å²) in [6, 6.07) is 10.6. The van der Waals surface area contributed by atoms with E-state index in [1.807, 2.05) is 12.1 Å². The molecule has 3 nitrogen and oxygen atoms in total. The molecule has 0 fully saturated rings. The summed E-state index contributed by atoms with van der Waals surface area (Å²) in [4.78, 5) is 2.72. The molecule has 0 atom stereocenters. The minimum absolute atomic E-state index is 0.333. The Labute approximate surface area is 108 Å². The Bertz CT molecular complexity index is 659. The molecule has 82 valence electrons. The zero-order valence-electron chi connectivity index (χ0n) is 8.46. The van der Waals surface area contributed by atoms with Crippen molar-refractivity contribution in [2.24, 2.45) is 0 Å². The van der Waals surface area contributed by atoms with Gasteiger partial charge in [-0.05, 0) is 23.8 Å². The number of benzene rings is 1. The molecule has 2 rings (SSSR count). The summed E-state index contributed by atoms with van der Waals surface area (Å²) in [6.07, 6.45) is 0. The number of nitrogens with zero attached hydrogens (tertiary/aromatic N) is 2. The van der Waals surface area contributed by atoms with Gasteiger partial charge in [-0.15, -0.1) is 0 Å². The lowest BCUT2D eigenvalue weighted by atomic mass is 10.1. The fourth-order valence-electron chi connectivity index (χ4n) is 1.49. The van der Waals surface area contributed by atoms with Crippen molar-refractivity contribution in [3.05, 3.63) is 45.7 Å². The predicted molar refractivity (Wildman–Crippen MR) is 65.7 cm³/mol. The van der Waals surface area contributed by atoms with Gasteiger partial charge in [-0.25, -0.2) is 0 Å². The summed E-state index contributed by atoms with van der Waals surface area (Å²) >= 11 is 11.7. The van der Waals surface area contributed by atoms with E-state index >= 15 is 0 Å². The van der Waals surface area contributed by atoms with Gasteiger partial charge < -0.3 is 4.98 Å². The quantitative estimate of drug-likeness (QED) is 0.850. The number of aromatic amines is 1. The van der Waals surface area contributed by atoms with Crippen LogP contribution in [-0.4, -0.2) is 4.98 Å². The fourth-order valence-corrected chi connectivity index (χ4v) is 1.79. The summed E-state index contributed by atoms with van der Waals surface area (Å²) in [5.41, 5.74) is 2.05. The van der Waals surface area contributed by atoms with Gasteiger partial charge in [0.25, 0.3) is 0 Å². The Hall–Kier alpha value is -1.94. The van der Waals surface area contributed by atoms with E-state index in [0.717, 1.165) is 5.56 Å². The molecule has 0 spiro atoms. The van der Waals surface area contributed by atoms with Gasteiger partial charge in [0.2, 0.25) is 0 Å². The van der Waals surface area contributed by atoms with Crippen LogP contribution in [0.25, 0.3) is 11.1 Å². The van der Waals surface area contributed by atoms with Crippen molar-refractivity contribution < 1.29 is 0 Å². The molecule has 0 unspecified atom stereocenters. The second kappa shape index (κ2) is 4.51. The summed E-state index contributed by atoms with van der Waals surface area (Å²) in [6.45, 7) is 0. The second-order valence-corrected chi connectivity index (χ2v) is 4.14. The Kier molecular flexibility index (Phi) is 3.06. The van der Waals surface area contributed by atoms with Crippen molar-refractivity contribution in [1.29, 1.82) is 10.5 Å². The second-order valence-electron chi connectivity index (χ2n) is 3.32. The third kappa shape index (κ3) is 2.12. The van der Waals surface area contributed by atoms with E-state index in [9.17, 15) is 0 Å². The van der Waals surface area contributed by atoms with Gasteiger partial charge >= 0.3 is 0 Å². The van der Waals surface area contributed by atoms with E-state index in [1.165, 1.54) is 0 Å². The van der Waals surface area contributed by atoms with Gasteiger partial charge in [0, 0.05) is 5.56 Å². The van der Waals surface area contributed by atoms with Crippen LogP contribution >= 0.6 is 23.2 Å². The van der Waals surface area contributed by atoms with Crippen molar-refractivity contribution >= 4 is 23.2 Å². The molecular weight excluding hydrogens is 257 g/mol. The number of hydrogen-bond acceptors (Lipinski definition) is 2. The van der Waals surface area contributed by atoms with E-state index in [1.54, 1.807) is 24.3 Å². The first-order chi connectivity index (χ1) is 8.15. The Morgan fingerprint density at radius 3 is 2.35 bits per heavy atom. The van der Waals surface area contributed by atoms with Gasteiger partial charge in [0.05, 0.1) is 10.0 Å². The molecule has 0 bridgehead atoms. The predicted octanol–water partition coefficient (Wildman–Crippen LogP) is 3.73. The maximum Gasteiger partial charge on any atom is 0.126 e. The first-order valence-corrected chi connectivity index (χ1v) is 5.40. The number of hydrogen-bond donors (Lipinski definition) is 1.